The van der Waals surface area contributed by atoms with Crippen LogP contribution in [-0.2, 0) is 7.05 Å². The van der Waals surface area contributed by atoms with Gasteiger partial charge < -0.3 is 0 Å². The van der Waals surface area contributed by atoms with Crippen molar-refractivity contribution < 1.29 is 0 Å². The topological polar surface area (TPSA) is 47.8 Å². The lowest BCUT2D eigenvalue weighted by Gasteiger charge is -2.02. The van der Waals surface area contributed by atoms with E-state index in [9.17, 15) is 4.79 Å². The maximum absolute atomic E-state index is 12.0. The third kappa shape index (κ3) is 2.68. The summed E-state index contributed by atoms with van der Waals surface area (Å²) in [5, 5.41) is 8.54. The van der Waals surface area contributed by atoms with Crippen LogP contribution in [0.4, 0.5) is 0 Å². The molecule has 18 heavy (non-hydrogen) atoms. The van der Waals surface area contributed by atoms with Gasteiger partial charge in [-0.3, -0.25) is 9.36 Å². The lowest BCUT2D eigenvalue weighted by molar-refractivity contribution is 0.658. The Morgan fingerprint density at radius 3 is 2.56 bits per heavy atom. The summed E-state index contributed by atoms with van der Waals surface area (Å²) in [6, 6.07) is 9.76. The Hall–Kier alpha value is -1.88. The van der Waals surface area contributed by atoms with E-state index in [1.165, 1.54) is 16.3 Å². The average molecular weight is 259 g/mol. The normalized spacial score (nSPS) is 11.0. The van der Waals surface area contributed by atoms with Crippen LogP contribution in [0.25, 0.3) is 12.2 Å². The third-order valence-corrected chi connectivity index (χ3v) is 3.19. The van der Waals surface area contributed by atoms with Crippen molar-refractivity contribution in [3.8, 4) is 0 Å². The molecule has 1 aromatic heterocycles. The number of hydrogen-bond donors (Lipinski definition) is 0. The number of nitrogens with zero attached hydrogens (tertiary/aromatic N) is 3. The van der Waals surface area contributed by atoms with E-state index in [-0.39, 0.29) is 5.56 Å². The molecular formula is C13H13N3OS. The van der Waals surface area contributed by atoms with Gasteiger partial charge in [-0.25, -0.2) is 0 Å². The first kappa shape index (κ1) is 12.6. The van der Waals surface area contributed by atoms with Crippen molar-refractivity contribution in [2.24, 2.45) is 7.05 Å². The molecule has 0 fully saturated rings. The van der Waals surface area contributed by atoms with E-state index in [2.05, 4.69) is 10.2 Å². The van der Waals surface area contributed by atoms with Gasteiger partial charge in [-0.1, -0.05) is 48.2 Å². The molecule has 92 valence electrons. The second kappa shape index (κ2) is 5.64. The lowest BCUT2D eigenvalue weighted by atomic mass is 10.2. The fourth-order valence-corrected chi connectivity index (χ4v) is 1.97. The summed E-state index contributed by atoms with van der Waals surface area (Å²) < 4.78 is 1.50. The summed E-state index contributed by atoms with van der Waals surface area (Å²) in [6.45, 7) is 0. The van der Waals surface area contributed by atoms with Gasteiger partial charge in [0, 0.05) is 7.05 Å². The van der Waals surface area contributed by atoms with Gasteiger partial charge in [0.05, 0.1) is 0 Å². The first-order valence-electron chi connectivity index (χ1n) is 5.43. The van der Waals surface area contributed by atoms with Crippen LogP contribution in [0.15, 0.2) is 40.3 Å². The Kier molecular flexibility index (Phi) is 3.94. The lowest BCUT2D eigenvalue weighted by Crippen LogP contribution is -2.23. The predicted molar refractivity (Wildman–Crippen MR) is 74.4 cm³/mol. The van der Waals surface area contributed by atoms with E-state index in [1.807, 2.05) is 42.7 Å². The third-order valence-electron chi connectivity index (χ3n) is 2.47. The quantitative estimate of drug-likeness (QED) is 0.792. The second-order valence-corrected chi connectivity index (χ2v) is 4.45. The Labute approximate surface area is 109 Å². The largest absolute Gasteiger partial charge is 0.287 e. The van der Waals surface area contributed by atoms with Crippen molar-refractivity contribution in [1.29, 1.82) is 0 Å². The monoisotopic (exact) mass is 259 g/mol. The van der Waals surface area contributed by atoms with Gasteiger partial charge in [-0.05, 0) is 17.9 Å². The molecule has 5 heteroatoms. The highest BCUT2D eigenvalue weighted by atomic mass is 32.2. The van der Waals surface area contributed by atoms with Crippen LogP contribution in [0.1, 0.15) is 11.3 Å². The van der Waals surface area contributed by atoms with Gasteiger partial charge in [-0.2, -0.15) is 0 Å². The minimum atomic E-state index is -0.137. The maximum atomic E-state index is 12.0. The summed E-state index contributed by atoms with van der Waals surface area (Å²) in [5.74, 6) is 0. The van der Waals surface area contributed by atoms with Gasteiger partial charge in [0.25, 0.3) is 5.56 Å². The van der Waals surface area contributed by atoms with Gasteiger partial charge in [0.15, 0.2) is 10.9 Å². The zero-order chi connectivity index (χ0) is 13.0. The van der Waals surface area contributed by atoms with E-state index >= 15 is 0 Å². The van der Waals surface area contributed by atoms with Crippen molar-refractivity contribution in [1.82, 2.24) is 14.8 Å². The summed E-state index contributed by atoms with van der Waals surface area (Å²) >= 11 is 1.40. The molecule has 0 spiro atoms. The Morgan fingerprint density at radius 1 is 1.17 bits per heavy atom. The minimum Gasteiger partial charge on any atom is -0.287 e. The van der Waals surface area contributed by atoms with E-state index in [0.717, 1.165) is 5.56 Å². The molecule has 0 saturated heterocycles. The molecular weight excluding hydrogens is 246 g/mol. The summed E-state index contributed by atoms with van der Waals surface area (Å²) in [7, 11) is 1.70. The molecule has 0 saturated carbocycles. The van der Waals surface area contributed by atoms with Crippen LogP contribution in [0.3, 0.4) is 0 Å². The first-order valence-corrected chi connectivity index (χ1v) is 6.65. The van der Waals surface area contributed by atoms with Crippen LogP contribution in [0.2, 0.25) is 0 Å². The van der Waals surface area contributed by atoms with Gasteiger partial charge in [-0.15, -0.1) is 10.2 Å². The van der Waals surface area contributed by atoms with Gasteiger partial charge in [0.2, 0.25) is 0 Å². The minimum absolute atomic E-state index is 0.137. The van der Waals surface area contributed by atoms with Crippen molar-refractivity contribution in [3.05, 3.63) is 51.9 Å². The highest BCUT2D eigenvalue weighted by Crippen LogP contribution is 2.07. The highest BCUT2D eigenvalue weighted by Gasteiger charge is 2.05. The van der Waals surface area contributed by atoms with Crippen LogP contribution in [0, 0.1) is 0 Å². The molecule has 1 heterocycles. The molecule has 0 aliphatic carbocycles. The molecule has 0 unspecified atom stereocenters. The summed E-state index contributed by atoms with van der Waals surface area (Å²) in [5.41, 5.74) is 1.23. The second-order valence-electron chi connectivity index (χ2n) is 3.68. The van der Waals surface area contributed by atoms with Crippen LogP contribution >= 0.6 is 11.8 Å². The first-order chi connectivity index (χ1) is 8.72. The van der Waals surface area contributed by atoms with Crippen LogP contribution in [0.5, 0.6) is 0 Å². The van der Waals surface area contributed by atoms with Crippen molar-refractivity contribution in [3.63, 3.8) is 0 Å². The molecule has 1 aromatic carbocycles. The molecule has 0 N–H and O–H groups in total. The number of thioether (sulfide) groups is 1. The van der Waals surface area contributed by atoms with Gasteiger partial charge >= 0.3 is 0 Å². The fourth-order valence-electron chi connectivity index (χ4n) is 1.49. The van der Waals surface area contributed by atoms with Crippen molar-refractivity contribution >= 4 is 23.9 Å². The van der Waals surface area contributed by atoms with Crippen LogP contribution in [-0.4, -0.2) is 21.0 Å². The zero-order valence-corrected chi connectivity index (χ0v) is 11.0. The summed E-state index contributed by atoms with van der Waals surface area (Å²) in [4.78, 5) is 12.0. The van der Waals surface area contributed by atoms with E-state index in [4.69, 9.17) is 0 Å². The smallest absolute Gasteiger partial charge is 0.280 e. The number of aromatic nitrogens is 3. The molecule has 4 nitrogen and oxygen atoms in total. The zero-order valence-electron chi connectivity index (χ0n) is 10.2. The number of benzene rings is 1. The Balaban J connectivity index is 2.34. The standard InChI is InChI=1S/C13H13N3OS/c1-16-12(17)11(14-15-13(16)18-2)9-8-10-6-4-3-5-7-10/h3-9H,1-2H3. The summed E-state index contributed by atoms with van der Waals surface area (Å²) in [6.07, 6.45) is 5.40. The molecule has 0 aliphatic heterocycles. The average Bonchev–Trinajstić information content (AvgIpc) is 2.42. The van der Waals surface area contributed by atoms with E-state index in [0.29, 0.717) is 10.9 Å². The Bertz CT molecular complexity index is 620. The Morgan fingerprint density at radius 2 is 1.89 bits per heavy atom. The van der Waals surface area contributed by atoms with E-state index < -0.39 is 0 Å². The van der Waals surface area contributed by atoms with Crippen molar-refractivity contribution in [2.45, 2.75) is 5.16 Å². The number of rotatable bonds is 3. The molecule has 0 aliphatic rings. The molecule has 0 radical (unpaired) electrons. The molecule has 2 aromatic rings. The van der Waals surface area contributed by atoms with E-state index in [1.54, 1.807) is 13.1 Å². The van der Waals surface area contributed by atoms with Gasteiger partial charge in [0.1, 0.15) is 0 Å². The molecule has 0 atom stereocenters. The highest BCUT2D eigenvalue weighted by molar-refractivity contribution is 7.98. The maximum Gasteiger partial charge on any atom is 0.280 e. The molecule has 2 rings (SSSR count). The predicted octanol–water partition coefficient (Wildman–Crippen LogP) is 2.07. The van der Waals surface area contributed by atoms with Crippen LogP contribution < -0.4 is 5.56 Å². The fraction of sp³-hybridized carbons (Fsp3) is 0.154. The SMILES string of the molecule is CSc1nnc(C=Cc2ccccc2)c(=O)n1C. The molecule has 0 bridgehead atoms. The molecule has 0 amide bonds. The van der Waals surface area contributed by atoms with Crippen molar-refractivity contribution in [2.75, 3.05) is 6.26 Å². The number of hydrogen-bond acceptors (Lipinski definition) is 4.